The molecular weight excluding hydrogens is 316 g/mol. The minimum Gasteiger partial charge on any atom is -0.328 e. The molecule has 0 spiro atoms. The number of hydrogen-bond donors (Lipinski definition) is 1. The van der Waals surface area contributed by atoms with Gasteiger partial charge in [0.2, 0.25) is 14.2 Å². The average molecular weight is 335 g/mol. The Morgan fingerprint density at radius 2 is 2.00 bits per heavy atom. The first-order chi connectivity index (χ1) is 8.95. The second kappa shape index (κ2) is 6.85. The van der Waals surface area contributed by atoms with Crippen LogP contribution < -0.4 is 5.73 Å². The molecule has 7 heteroatoms. The van der Waals surface area contributed by atoms with Crippen molar-refractivity contribution in [3.8, 4) is 0 Å². The van der Waals surface area contributed by atoms with Crippen molar-refractivity contribution >= 4 is 43.8 Å². The van der Waals surface area contributed by atoms with Gasteiger partial charge < -0.3 is 5.73 Å². The van der Waals surface area contributed by atoms with Gasteiger partial charge in [-0.1, -0.05) is 19.1 Å². The highest BCUT2D eigenvalue weighted by Crippen LogP contribution is 2.29. The van der Waals surface area contributed by atoms with Crippen molar-refractivity contribution in [1.82, 2.24) is 4.98 Å². The number of nitrogens with zero attached hydrogens (tertiary/aromatic N) is 1. The summed E-state index contributed by atoms with van der Waals surface area (Å²) in [4.78, 5) is 4.25. The average Bonchev–Trinajstić information content (AvgIpc) is 2.80. The molecule has 2 unspecified atom stereocenters. The van der Waals surface area contributed by atoms with E-state index in [9.17, 15) is 8.42 Å². The van der Waals surface area contributed by atoms with Crippen molar-refractivity contribution in [2.75, 3.05) is 0 Å². The lowest BCUT2D eigenvalue weighted by atomic mass is 10.1. The third kappa shape index (κ3) is 3.49. The standard InChI is InChI=1S/C13H18N2O2S2.ClH/c1-3-10(8-9(2)14)19(16,17)13-15-11-6-4-5-7-12(11)18-13;/h4-7,9-10H,3,8,14H2,1-2H3;1H. The summed E-state index contributed by atoms with van der Waals surface area (Å²) >= 11 is 1.24. The van der Waals surface area contributed by atoms with Crippen LogP contribution in [-0.4, -0.2) is 24.7 Å². The van der Waals surface area contributed by atoms with Gasteiger partial charge in [0.15, 0.2) is 0 Å². The number of hydrogen-bond acceptors (Lipinski definition) is 5. The second-order valence-electron chi connectivity index (χ2n) is 4.74. The van der Waals surface area contributed by atoms with Gasteiger partial charge in [-0.25, -0.2) is 13.4 Å². The summed E-state index contributed by atoms with van der Waals surface area (Å²) in [5.41, 5.74) is 6.48. The van der Waals surface area contributed by atoms with Crippen LogP contribution in [0.5, 0.6) is 0 Å². The summed E-state index contributed by atoms with van der Waals surface area (Å²) < 4.78 is 26.2. The van der Waals surface area contributed by atoms with Crippen molar-refractivity contribution in [2.45, 2.75) is 42.3 Å². The lowest BCUT2D eigenvalue weighted by Gasteiger charge is -2.15. The van der Waals surface area contributed by atoms with Gasteiger partial charge in [0.05, 0.1) is 15.5 Å². The minimum absolute atomic E-state index is 0. The van der Waals surface area contributed by atoms with Crippen molar-refractivity contribution in [1.29, 1.82) is 0 Å². The van der Waals surface area contributed by atoms with E-state index in [1.54, 1.807) is 0 Å². The third-order valence-corrected chi connectivity index (χ3v) is 6.81. The summed E-state index contributed by atoms with van der Waals surface area (Å²) in [6.07, 6.45) is 1.02. The van der Waals surface area contributed by atoms with E-state index in [2.05, 4.69) is 4.98 Å². The Morgan fingerprint density at radius 1 is 1.35 bits per heavy atom. The van der Waals surface area contributed by atoms with E-state index in [1.807, 2.05) is 38.1 Å². The lowest BCUT2D eigenvalue weighted by molar-refractivity contribution is 0.546. The van der Waals surface area contributed by atoms with Gasteiger partial charge in [-0.15, -0.1) is 23.7 Å². The molecule has 1 heterocycles. The number of sulfone groups is 1. The first-order valence-corrected chi connectivity index (χ1v) is 8.66. The van der Waals surface area contributed by atoms with Crippen LogP contribution in [0.25, 0.3) is 10.2 Å². The fraction of sp³-hybridized carbons (Fsp3) is 0.462. The zero-order valence-electron chi connectivity index (χ0n) is 11.4. The van der Waals surface area contributed by atoms with Crippen molar-refractivity contribution in [3.63, 3.8) is 0 Å². The smallest absolute Gasteiger partial charge is 0.210 e. The zero-order chi connectivity index (χ0) is 14.0. The fourth-order valence-corrected chi connectivity index (χ4v) is 5.39. The molecule has 20 heavy (non-hydrogen) atoms. The second-order valence-corrected chi connectivity index (χ2v) is 8.17. The van der Waals surface area contributed by atoms with Gasteiger partial charge in [-0.3, -0.25) is 0 Å². The number of nitrogens with two attached hydrogens (primary N) is 1. The van der Waals surface area contributed by atoms with Gasteiger partial charge in [0, 0.05) is 6.04 Å². The van der Waals surface area contributed by atoms with E-state index in [-0.39, 0.29) is 22.8 Å². The predicted octanol–water partition coefficient (Wildman–Crippen LogP) is 3.01. The molecule has 4 nitrogen and oxygen atoms in total. The zero-order valence-corrected chi connectivity index (χ0v) is 13.9. The maximum absolute atomic E-state index is 12.6. The minimum atomic E-state index is -3.38. The Morgan fingerprint density at radius 3 is 2.55 bits per heavy atom. The maximum atomic E-state index is 12.6. The molecule has 2 aromatic rings. The molecule has 0 saturated carbocycles. The van der Waals surface area contributed by atoms with Gasteiger partial charge in [0.1, 0.15) is 0 Å². The summed E-state index contributed by atoms with van der Waals surface area (Å²) in [6.45, 7) is 3.70. The summed E-state index contributed by atoms with van der Waals surface area (Å²) in [6, 6.07) is 7.33. The molecule has 2 N–H and O–H groups in total. The SMILES string of the molecule is CCC(CC(C)N)S(=O)(=O)c1nc2ccccc2s1.Cl. The molecule has 0 fully saturated rings. The molecule has 2 rings (SSSR count). The van der Waals surface area contributed by atoms with Crippen LogP contribution in [-0.2, 0) is 9.84 Å². The highest BCUT2D eigenvalue weighted by atomic mass is 35.5. The summed E-state index contributed by atoms with van der Waals surface area (Å²) in [5.74, 6) is 0. The van der Waals surface area contributed by atoms with Crippen LogP contribution >= 0.6 is 23.7 Å². The van der Waals surface area contributed by atoms with Gasteiger partial charge in [0.25, 0.3) is 0 Å². The van der Waals surface area contributed by atoms with E-state index >= 15 is 0 Å². The monoisotopic (exact) mass is 334 g/mol. The van der Waals surface area contributed by atoms with E-state index < -0.39 is 15.1 Å². The molecule has 112 valence electrons. The molecular formula is C13H19ClN2O2S2. The van der Waals surface area contributed by atoms with E-state index in [0.717, 1.165) is 10.2 Å². The predicted molar refractivity (Wildman–Crippen MR) is 86.4 cm³/mol. The molecule has 2 atom stereocenters. The largest absolute Gasteiger partial charge is 0.328 e. The van der Waals surface area contributed by atoms with Crippen LogP contribution in [0.15, 0.2) is 28.6 Å². The molecule has 0 amide bonds. The fourth-order valence-electron chi connectivity index (χ4n) is 2.04. The number of para-hydroxylation sites is 1. The molecule has 0 aliphatic rings. The summed E-state index contributed by atoms with van der Waals surface area (Å²) in [5, 5.41) is -0.451. The van der Waals surface area contributed by atoms with Crippen LogP contribution in [0.2, 0.25) is 0 Å². The number of halogens is 1. The first kappa shape index (κ1) is 17.4. The highest BCUT2D eigenvalue weighted by Gasteiger charge is 2.29. The summed E-state index contributed by atoms with van der Waals surface area (Å²) in [7, 11) is -3.38. The van der Waals surface area contributed by atoms with Gasteiger partial charge in [-0.05, 0) is 31.9 Å². The molecule has 0 aliphatic carbocycles. The Kier molecular flexibility index (Phi) is 5.94. The number of fused-ring (bicyclic) bond motifs is 1. The number of aromatic nitrogens is 1. The van der Waals surface area contributed by atoms with E-state index in [4.69, 9.17) is 5.73 Å². The molecule has 1 aromatic carbocycles. The van der Waals surface area contributed by atoms with Crippen molar-refractivity contribution < 1.29 is 8.42 Å². The van der Waals surface area contributed by atoms with Crippen LogP contribution in [0.1, 0.15) is 26.7 Å². The topological polar surface area (TPSA) is 73.1 Å². The number of benzene rings is 1. The molecule has 0 saturated heterocycles. The quantitative estimate of drug-likeness (QED) is 0.912. The normalized spacial score (nSPS) is 14.8. The number of rotatable bonds is 5. The van der Waals surface area contributed by atoms with Crippen LogP contribution in [0.3, 0.4) is 0 Å². The first-order valence-electron chi connectivity index (χ1n) is 6.30. The van der Waals surface area contributed by atoms with Crippen LogP contribution in [0, 0.1) is 0 Å². The Labute approximate surface area is 129 Å². The molecule has 1 aromatic heterocycles. The Bertz CT molecular complexity index is 635. The van der Waals surface area contributed by atoms with Gasteiger partial charge in [-0.2, -0.15) is 0 Å². The lowest BCUT2D eigenvalue weighted by Crippen LogP contribution is -2.29. The van der Waals surface area contributed by atoms with Crippen LogP contribution in [0.4, 0.5) is 0 Å². The third-order valence-electron chi connectivity index (χ3n) is 3.05. The van der Waals surface area contributed by atoms with E-state index in [0.29, 0.717) is 12.8 Å². The molecule has 0 aliphatic heterocycles. The van der Waals surface area contributed by atoms with Gasteiger partial charge >= 0.3 is 0 Å². The Balaban J connectivity index is 0.00000200. The molecule has 0 bridgehead atoms. The molecule has 0 radical (unpaired) electrons. The van der Waals surface area contributed by atoms with E-state index in [1.165, 1.54) is 11.3 Å². The van der Waals surface area contributed by atoms with Crippen molar-refractivity contribution in [3.05, 3.63) is 24.3 Å². The number of thiazole rings is 1. The maximum Gasteiger partial charge on any atom is 0.210 e. The Hall–Kier alpha value is -0.690. The highest BCUT2D eigenvalue weighted by molar-refractivity contribution is 7.94. The van der Waals surface area contributed by atoms with Crippen molar-refractivity contribution in [2.24, 2.45) is 5.73 Å².